The first-order valence-electron chi connectivity index (χ1n) is 6.64. The number of carbonyl (C=O) groups excluding carboxylic acids is 1. The van der Waals surface area contributed by atoms with Crippen molar-refractivity contribution in [3.63, 3.8) is 0 Å². The molecule has 0 fully saturated rings. The highest BCUT2D eigenvalue weighted by molar-refractivity contribution is 6.35. The van der Waals surface area contributed by atoms with Crippen LogP contribution >= 0.6 is 0 Å². The lowest BCUT2D eigenvalue weighted by Gasteiger charge is -2.38. The molecule has 0 saturated heterocycles. The molecule has 102 valence electrons. The molecule has 0 atom stereocenters. The molecule has 0 saturated carbocycles. The van der Waals surface area contributed by atoms with Gasteiger partial charge in [0.2, 0.25) is 0 Å². The van der Waals surface area contributed by atoms with E-state index in [4.69, 9.17) is 10.5 Å². The number of amides is 1. The van der Waals surface area contributed by atoms with Crippen molar-refractivity contribution in [1.82, 2.24) is 0 Å². The number of carbonyl (C=O) groups is 1. The van der Waals surface area contributed by atoms with Gasteiger partial charge in [-0.1, -0.05) is 24.3 Å². The van der Waals surface area contributed by atoms with E-state index < -0.39 is 5.54 Å². The SMILES string of the molecule is CC1=CC(C)(C)N2C(=O)C(=C(C#N)C#N)c3cccc1c32. The molecule has 1 amide bonds. The van der Waals surface area contributed by atoms with Crippen molar-refractivity contribution in [2.75, 3.05) is 4.90 Å². The quantitative estimate of drug-likeness (QED) is 0.540. The van der Waals surface area contributed by atoms with Crippen LogP contribution < -0.4 is 4.90 Å². The molecule has 0 aliphatic carbocycles. The van der Waals surface area contributed by atoms with Gasteiger partial charge in [-0.15, -0.1) is 0 Å². The summed E-state index contributed by atoms with van der Waals surface area (Å²) in [7, 11) is 0. The van der Waals surface area contributed by atoms with Crippen molar-refractivity contribution >= 4 is 22.7 Å². The number of anilines is 1. The highest BCUT2D eigenvalue weighted by atomic mass is 16.2. The largest absolute Gasteiger partial charge is 0.298 e. The molecule has 0 bridgehead atoms. The second-order valence-electron chi connectivity index (χ2n) is 5.80. The number of allylic oxidation sites excluding steroid dienone is 2. The van der Waals surface area contributed by atoms with Crippen molar-refractivity contribution < 1.29 is 4.79 Å². The van der Waals surface area contributed by atoms with E-state index >= 15 is 0 Å². The van der Waals surface area contributed by atoms with Crippen LogP contribution in [0.1, 0.15) is 31.9 Å². The van der Waals surface area contributed by atoms with E-state index in [9.17, 15) is 4.79 Å². The zero-order chi connectivity index (χ0) is 15.4. The fourth-order valence-corrected chi connectivity index (χ4v) is 3.23. The highest BCUT2D eigenvalue weighted by Crippen LogP contribution is 2.49. The summed E-state index contributed by atoms with van der Waals surface area (Å²) < 4.78 is 0. The van der Waals surface area contributed by atoms with Gasteiger partial charge in [0, 0.05) is 11.1 Å². The molecule has 1 aromatic carbocycles. The van der Waals surface area contributed by atoms with Crippen molar-refractivity contribution in [1.29, 1.82) is 10.5 Å². The molecule has 2 aliphatic heterocycles. The van der Waals surface area contributed by atoms with Crippen molar-refractivity contribution in [2.45, 2.75) is 26.3 Å². The number of hydrogen-bond donors (Lipinski definition) is 0. The summed E-state index contributed by atoms with van der Waals surface area (Å²) in [6, 6.07) is 9.30. The van der Waals surface area contributed by atoms with Gasteiger partial charge in [-0.05, 0) is 26.3 Å². The van der Waals surface area contributed by atoms with Crippen molar-refractivity contribution in [3.8, 4) is 12.1 Å². The fraction of sp³-hybridized carbons (Fsp3) is 0.235. The highest BCUT2D eigenvalue weighted by Gasteiger charge is 2.45. The molecular weight excluding hydrogens is 262 g/mol. The van der Waals surface area contributed by atoms with Gasteiger partial charge in [0.05, 0.1) is 16.8 Å². The van der Waals surface area contributed by atoms with Crippen LogP contribution in [0.3, 0.4) is 0 Å². The molecule has 0 N–H and O–H groups in total. The first kappa shape index (κ1) is 13.1. The van der Waals surface area contributed by atoms with E-state index in [0.29, 0.717) is 5.56 Å². The van der Waals surface area contributed by atoms with Gasteiger partial charge in [0.15, 0.2) is 0 Å². The van der Waals surface area contributed by atoms with Crippen LogP contribution in [-0.2, 0) is 4.79 Å². The number of para-hydroxylation sites is 1. The maximum absolute atomic E-state index is 12.8. The second-order valence-corrected chi connectivity index (χ2v) is 5.80. The summed E-state index contributed by atoms with van der Waals surface area (Å²) in [6.45, 7) is 5.92. The topological polar surface area (TPSA) is 67.9 Å². The molecule has 1 aromatic rings. The molecule has 4 heteroatoms. The van der Waals surface area contributed by atoms with Gasteiger partial charge in [-0.25, -0.2) is 0 Å². The second kappa shape index (κ2) is 4.07. The molecule has 21 heavy (non-hydrogen) atoms. The molecule has 0 radical (unpaired) electrons. The zero-order valence-electron chi connectivity index (χ0n) is 12.1. The third-order valence-electron chi connectivity index (χ3n) is 3.99. The lowest BCUT2D eigenvalue weighted by molar-refractivity contribution is -0.113. The summed E-state index contributed by atoms with van der Waals surface area (Å²) in [4.78, 5) is 14.5. The Hall–Kier alpha value is -2.85. The average Bonchev–Trinajstić information content (AvgIpc) is 2.72. The van der Waals surface area contributed by atoms with E-state index in [1.165, 1.54) is 0 Å². The number of benzene rings is 1. The first-order valence-corrected chi connectivity index (χ1v) is 6.64. The van der Waals surface area contributed by atoms with Gasteiger partial charge >= 0.3 is 0 Å². The maximum atomic E-state index is 12.8. The van der Waals surface area contributed by atoms with Gasteiger partial charge in [0.25, 0.3) is 5.91 Å². The molecule has 3 rings (SSSR count). The van der Waals surface area contributed by atoms with Crippen LogP contribution in [0.5, 0.6) is 0 Å². The molecule has 4 nitrogen and oxygen atoms in total. The average molecular weight is 275 g/mol. The Bertz CT molecular complexity index is 813. The van der Waals surface area contributed by atoms with Crippen LogP contribution in [0.25, 0.3) is 11.1 Å². The van der Waals surface area contributed by atoms with Crippen LogP contribution in [0.15, 0.2) is 29.8 Å². The van der Waals surface area contributed by atoms with E-state index in [-0.39, 0.29) is 17.1 Å². The van der Waals surface area contributed by atoms with Gasteiger partial charge in [-0.3, -0.25) is 9.69 Å². The lowest BCUT2D eigenvalue weighted by atomic mass is 9.89. The summed E-state index contributed by atoms with van der Waals surface area (Å²) in [6.07, 6.45) is 2.04. The fourth-order valence-electron chi connectivity index (χ4n) is 3.23. The molecular formula is C17H13N3O. The third kappa shape index (κ3) is 1.57. The number of nitriles is 2. The van der Waals surface area contributed by atoms with Crippen LogP contribution in [-0.4, -0.2) is 11.4 Å². The standard InChI is InChI=1S/C17H13N3O/c1-10-7-17(2,3)20-15-12(10)5-4-6-13(15)14(16(20)21)11(8-18)9-19/h4-7H,1-3H3. The minimum atomic E-state index is -0.484. The Kier molecular flexibility index (Phi) is 2.55. The number of rotatable bonds is 0. The van der Waals surface area contributed by atoms with E-state index in [2.05, 4.69) is 0 Å². The smallest absolute Gasteiger partial charge is 0.261 e. The summed E-state index contributed by atoms with van der Waals surface area (Å²) in [5.74, 6) is -0.274. The van der Waals surface area contributed by atoms with Gasteiger partial charge < -0.3 is 0 Å². The Morgan fingerprint density at radius 3 is 2.43 bits per heavy atom. The van der Waals surface area contributed by atoms with Gasteiger partial charge in [-0.2, -0.15) is 10.5 Å². The Morgan fingerprint density at radius 1 is 1.19 bits per heavy atom. The lowest BCUT2D eigenvalue weighted by Crippen LogP contribution is -2.46. The molecule has 0 aromatic heterocycles. The Morgan fingerprint density at radius 2 is 1.81 bits per heavy atom. The third-order valence-corrected chi connectivity index (χ3v) is 3.99. The van der Waals surface area contributed by atoms with E-state index in [1.807, 2.05) is 51.1 Å². The molecule has 0 spiro atoms. The Balaban J connectivity index is 2.44. The van der Waals surface area contributed by atoms with Crippen LogP contribution in [0.2, 0.25) is 0 Å². The van der Waals surface area contributed by atoms with Crippen LogP contribution in [0.4, 0.5) is 5.69 Å². The van der Waals surface area contributed by atoms with Crippen LogP contribution in [0, 0.1) is 22.7 Å². The molecule has 2 aliphatic rings. The molecule has 2 heterocycles. The summed E-state index contributed by atoms with van der Waals surface area (Å²) in [5.41, 5.74) is 3.16. The van der Waals surface area contributed by atoms with Gasteiger partial charge in [0.1, 0.15) is 17.7 Å². The predicted octanol–water partition coefficient (Wildman–Crippen LogP) is 3.03. The van der Waals surface area contributed by atoms with Crippen molar-refractivity contribution in [3.05, 3.63) is 41.0 Å². The predicted molar refractivity (Wildman–Crippen MR) is 79.8 cm³/mol. The minimum absolute atomic E-state index is 0.128. The summed E-state index contributed by atoms with van der Waals surface area (Å²) in [5, 5.41) is 18.3. The summed E-state index contributed by atoms with van der Waals surface area (Å²) >= 11 is 0. The minimum Gasteiger partial charge on any atom is -0.298 e. The number of nitrogens with zero attached hydrogens (tertiary/aromatic N) is 3. The van der Waals surface area contributed by atoms with E-state index in [1.54, 1.807) is 11.0 Å². The monoisotopic (exact) mass is 275 g/mol. The van der Waals surface area contributed by atoms with E-state index in [0.717, 1.165) is 16.8 Å². The zero-order valence-corrected chi connectivity index (χ0v) is 12.1. The van der Waals surface area contributed by atoms with Crippen molar-refractivity contribution in [2.24, 2.45) is 0 Å². The first-order chi connectivity index (χ1) is 9.92. The normalized spacial score (nSPS) is 17.8. The Labute approximate surface area is 123 Å². The number of hydrogen-bond acceptors (Lipinski definition) is 3. The maximum Gasteiger partial charge on any atom is 0.261 e. The molecule has 0 unspecified atom stereocenters.